The third kappa shape index (κ3) is 6.39. The van der Waals surface area contributed by atoms with Crippen LogP contribution in [-0.2, 0) is 4.79 Å². The van der Waals surface area contributed by atoms with Crippen molar-refractivity contribution in [3.05, 3.63) is 28.2 Å². The highest BCUT2D eigenvalue weighted by Gasteiger charge is 2.22. The molecule has 1 saturated heterocycles. The van der Waals surface area contributed by atoms with Crippen molar-refractivity contribution in [3.63, 3.8) is 0 Å². The molecule has 0 saturated carbocycles. The molecular weight excluding hydrogens is 386 g/mol. The van der Waals surface area contributed by atoms with Crippen LogP contribution in [0.5, 0.6) is 0 Å². The number of likely N-dealkylation sites (tertiary alicyclic amines) is 1. The predicted molar refractivity (Wildman–Crippen MR) is 93.2 cm³/mol. The maximum absolute atomic E-state index is 12.3. The number of rotatable bonds is 6. The zero-order valence-corrected chi connectivity index (χ0v) is 15.4. The third-order valence-electron chi connectivity index (χ3n) is 3.84. The molecule has 1 fully saturated rings. The minimum absolute atomic E-state index is 0.00429. The molecule has 23 heavy (non-hydrogen) atoms. The summed E-state index contributed by atoms with van der Waals surface area (Å²) in [5.41, 5.74) is 1.14. The molecule has 128 valence electrons. The summed E-state index contributed by atoms with van der Waals surface area (Å²) in [5, 5.41) is 3.01. The summed E-state index contributed by atoms with van der Waals surface area (Å²) in [7, 11) is 0. The van der Waals surface area contributed by atoms with E-state index in [1.54, 1.807) is 4.90 Å². The minimum Gasteiger partial charge on any atom is -0.353 e. The quantitative estimate of drug-likeness (QED) is 0.730. The highest BCUT2D eigenvalue weighted by molar-refractivity contribution is 9.10. The van der Waals surface area contributed by atoms with Crippen molar-refractivity contribution in [1.29, 1.82) is 0 Å². The summed E-state index contributed by atoms with van der Waals surface area (Å²) in [5.74, 6) is 0.379. The number of thioether (sulfide) groups is 1. The van der Waals surface area contributed by atoms with Crippen LogP contribution in [0, 0.1) is 6.92 Å². The van der Waals surface area contributed by atoms with E-state index < -0.39 is 6.43 Å². The molecule has 1 aliphatic rings. The van der Waals surface area contributed by atoms with Gasteiger partial charge in [0, 0.05) is 28.5 Å². The van der Waals surface area contributed by atoms with Gasteiger partial charge in [-0.05, 0) is 43.5 Å². The van der Waals surface area contributed by atoms with E-state index in [4.69, 9.17) is 0 Å². The summed E-state index contributed by atoms with van der Waals surface area (Å²) in [6, 6.07) is 6.09. The van der Waals surface area contributed by atoms with E-state index in [0.29, 0.717) is 18.8 Å². The number of hydrogen-bond acceptors (Lipinski definition) is 3. The molecule has 1 aromatic carbocycles. The number of nitrogens with zero attached hydrogens (tertiary/aromatic N) is 1. The lowest BCUT2D eigenvalue weighted by Gasteiger charge is -2.32. The molecule has 1 heterocycles. The molecule has 1 amide bonds. The highest BCUT2D eigenvalue weighted by atomic mass is 79.9. The van der Waals surface area contributed by atoms with E-state index in [9.17, 15) is 13.6 Å². The fraction of sp³-hybridized carbons (Fsp3) is 0.562. The van der Waals surface area contributed by atoms with Crippen LogP contribution in [0.15, 0.2) is 27.6 Å². The number of halogens is 3. The van der Waals surface area contributed by atoms with Gasteiger partial charge in [0.05, 0.1) is 12.3 Å². The average Bonchev–Trinajstić information content (AvgIpc) is 2.48. The zero-order valence-electron chi connectivity index (χ0n) is 13.0. The van der Waals surface area contributed by atoms with Gasteiger partial charge in [-0.25, -0.2) is 8.78 Å². The molecule has 0 aromatic heterocycles. The van der Waals surface area contributed by atoms with Gasteiger partial charge in [-0.2, -0.15) is 0 Å². The predicted octanol–water partition coefficient (Wildman–Crippen LogP) is 3.70. The van der Waals surface area contributed by atoms with Gasteiger partial charge < -0.3 is 5.32 Å². The van der Waals surface area contributed by atoms with E-state index in [2.05, 4.69) is 21.2 Å². The Bertz CT molecular complexity index is 537. The Morgan fingerprint density at radius 3 is 2.74 bits per heavy atom. The minimum atomic E-state index is -2.29. The topological polar surface area (TPSA) is 32.3 Å². The first-order chi connectivity index (χ1) is 10.9. The molecule has 3 nitrogen and oxygen atoms in total. The number of alkyl halides is 2. The van der Waals surface area contributed by atoms with E-state index in [-0.39, 0.29) is 18.5 Å². The van der Waals surface area contributed by atoms with Crippen molar-refractivity contribution in [3.8, 4) is 0 Å². The van der Waals surface area contributed by atoms with Crippen LogP contribution in [-0.4, -0.2) is 48.7 Å². The molecule has 0 unspecified atom stereocenters. The van der Waals surface area contributed by atoms with Crippen LogP contribution in [0.1, 0.15) is 18.4 Å². The summed E-state index contributed by atoms with van der Waals surface area (Å²) < 4.78 is 25.7. The lowest BCUT2D eigenvalue weighted by molar-refractivity contribution is -0.119. The second kappa shape index (κ2) is 8.99. The molecule has 0 radical (unpaired) electrons. The average molecular weight is 407 g/mol. The highest BCUT2D eigenvalue weighted by Crippen LogP contribution is 2.25. The second-order valence-corrected chi connectivity index (χ2v) is 7.66. The number of benzene rings is 1. The number of amides is 1. The Balaban J connectivity index is 1.71. The standard InChI is InChI=1S/C16H21BrF2N2OS/c1-11-8-12(17)2-3-14(11)23-10-16(22)20-13-4-6-21(7-5-13)9-15(18)19/h2-3,8,13,15H,4-7,9-10H2,1H3,(H,20,22). The zero-order chi connectivity index (χ0) is 16.8. The maximum atomic E-state index is 12.3. The normalized spacial score (nSPS) is 16.7. The van der Waals surface area contributed by atoms with Crippen molar-refractivity contribution < 1.29 is 13.6 Å². The molecule has 1 N–H and O–H groups in total. The van der Waals surface area contributed by atoms with Crippen LogP contribution in [0.2, 0.25) is 0 Å². The van der Waals surface area contributed by atoms with E-state index >= 15 is 0 Å². The summed E-state index contributed by atoms with van der Waals surface area (Å²) in [6.45, 7) is 3.09. The molecule has 0 spiro atoms. The van der Waals surface area contributed by atoms with Crippen LogP contribution >= 0.6 is 27.7 Å². The van der Waals surface area contributed by atoms with Gasteiger partial charge in [-0.15, -0.1) is 11.8 Å². The molecule has 7 heteroatoms. The van der Waals surface area contributed by atoms with Crippen molar-refractivity contribution >= 4 is 33.6 Å². The first kappa shape index (κ1) is 18.7. The van der Waals surface area contributed by atoms with Crippen LogP contribution in [0.25, 0.3) is 0 Å². The number of aryl methyl sites for hydroxylation is 1. The van der Waals surface area contributed by atoms with Gasteiger partial charge in [0.1, 0.15) is 0 Å². The second-order valence-electron chi connectivity index (χ2n) is 5.73. The van der Waals surface area contributed by atoms with Gasteiger partial charge in [0.25, 0.3) is 6.43 Å². The first-order valence-electron chi connectivity index (χ1n) is 7.63. The van der Waals surface area contributed by atoms with Gasteiger partial charge in [-0.3, -0.25) is 9.69 Å². The molecular formula is C16H21BrF2N2OS. The van der Waals surface area contributed by atoms with Crippen LogP contribution in [0.4, 0.5) is 8.78 Å². The molecule has 1 aromatic rings. The Kier molecular flexibility index (Phi) is 7.30. The SMILES string of the molecule is Cc1cc(Br)ccc1SCC(=O)NC1CCN(CC(F)F)CC1. The Morgan fingerprint density at radius 2 is 2.13 bits per heavy atom. The Hall–Kier alpha value is -0.660. The van der Waals surface area contributed by atoms with Crippen LogP contribution < -0.4 is 5.32 Å². The molecule has 0 bridgehead atoms. The van der Waals surface area contributed by atoms with Crippen molar-refractivity contribution in [2.24, 2.45) is 0 Å². The van der Waals surface area contributed by atoms with Gasteiger partial charge in [-0.1, -0.05) is 15.9 Å². The number of carbonyl (C=O) groups is 1. The number of piperidine rings is 1. The lowest BCUT2D eigenvalue weighted by Crippen LogP contribution is -2.46. The Morgan fingerprint density at radius 1 is 1.43 bits per heavy atom. The van der Waals surface area contributed by atoms with Gasteiger partial charge in [0.15, 0.2) is 0 Å². The van der Waals surface area contributed by atoms with E-state index in [1.165, 1.54) is 11.8 Å². The van der Waals surface area contributed by atoms with Crippen molar-refractivity contribution in [2.45, 2.75) is 37.1 Å². The third-order valence-corrected chi connectivity index (χ3v) is 5.51. The smallest absolute Gasteiger partial charge is 0.251 e. The van der Waals surface area contributed by atoms with Gasteiger partial charge in [0.2, 0.25) is 5.91 Å². The fourth-order valence-electron chi connectivity index (χ4n) is 2.64. The first-order valence-corrected chi connectivity index (χ1v) is 9.40. The number of carbonyl (C=O) groups excluding carboxylic acids is 1. The van der Waals surface area contributed by atoms with Crippen molar-refractivity contribution in [1.82, 2.24) is 10.2 Å². The maximum Gasteiger partial charge on any atom is 0.251 e. The summed E-state index contributed by atoms with van der Waals surface area (Å²) in [4.78, 5) is 14.9. The molecule has 0 atom stereocenters. The largest absolute Gasteiger partial charge is 0.353 e. The monoisotopic (exact) mass is 406 g/mol. The molecule has 1 aliphatic heterocycles. The summed E-state index contributed by atoms with van der Waals surface area (Å²) >= 11 is 4.94. The van der Waals surface area contributed by atoms with E-state index in [0.717, 1.165) is 27.8 Å². The fourth-order valence-corrected chi connectivity index (χ4v) is 3.94. The van der Waals surface area contributed by atoms with E-state index in [1.807, 2.05) is 25.1 Å². The molecule has 0 aliphatic carbocycles. The molecule has 2 rings (SSSR count). The Labute approximate surface area is 148 Å². The lowest BCUT2D eigenvalue weighted by atomic mass is 10.1. The van der Waals surface area contributed by atoms with Gasteiger partial charge >= 0.3 is 0 Å². The summed E-state index contributed by atoms with van der Waals surface area (Å²) in [6.07, 6.45) is -0.812. The number of nitrogens with one attached hydrogen (secondary N) is 1. The van der Waals surface area contributed by atoms with Crippen LogP contribution in [0.3, 0.4) is 0 Å². The van der Waals surface area contributed by atoms with Crippen molar-refractivity contribution in [2.75, 3.05) is 25.4 Å². The number of hydrogen-bond donors (Lipinski definition) is 1.